The Morgan fingerprint density at radius 1 is 1.41 bits per heavy atom. The highest BCUT2D eigenvalue weighted by Gasteiger charge is 2.33. The van der Waals surface area contributed by atoms with Crippen molar-refractivity contribution >= 4 is 6.09 Å². The molecule has 0 aromatic carbocycles. The van der Waals surface area contributed by atoms with Gasteiger partial charge >= 0.3 is 6.09 Å². The van der Waals surface area contributed by atoms with E-state index in [1.165, 1.54) is 4.90 Å². The van der Waals surface area contributed by atoms with Crippen LogP contribution < -0.4 is 0 Å². The summed E-state index contributed by atoms with van der Waals surface area (Å²) in [6.45, 7) is 6.83. The average Bonchev–Trinajstić information content (AvgIpc) is 2.15. The molecule has 0 aliphatic carbocycles. The predicted molar refractivity (Wildman–Crippen MR) is 63.9 cm³/mol. The smallest absolute Gasteiger partial charge is 0.410 e. The van der Waals surface area contributed by atoms with Gasteiger partial charge in [-0.25, -0.2) is 4.79 Å². The number of carbonyl (C=O) groups is 1. The normalized spacial score (nSPS) is 19.8. The summed E-state index contributed by atoms with van der Waals surface area (Å²) in [5.41, 5.74) is -1.35. The molecule has 1 aliphatic heterocycles. The second-order valence-electron chi connectivity index (χ2n) is 5.67. The van der Waals surface area contributed by atoms with Gasteiger partial charge in [-0.15, -0.1) is 0 Å². The second kappa shape index (κ2) is 5.23. The number of likely N-dealkylation sites (N-methyl/N-ethyl adjacent to an activating group) is 1. The monoisotopic (exact) mass is 245 g/mol. The molecule has 1 amide bonds. The van der Waals surface area contributed by atoms with Crippen molar-refractivity contribution in [3.63, 3.8) is 0 Å². The SMILES string of the molecule is CN(CC1(O)CCOCC1)C(=O)OC(C)(C)C. The summed E-state index contributed by atoms with van der Waals surface area (Å²) in [6, 6.07) is 0. The molecule has 5 heteroatoms. The lowest BCUT2D eigenvalue weighted by Crippen LogP contribution is -2.48. The summed E-state index contributed by atoms with van der Waals surface area (Å²) >= 11 is 0. The Hall–Kier alpha value is -0.810. The van der Waals surface area contributed by atoms with Crippen LogP contribution in [0.15, 0.2) is 0 Å². The van der Waals surface area contributed by atoms with Gasteiger partial charge in [0, 0.05) is 33.1 Å². The lowest BCUT2D eigenvalue weighted by molar-refractivity contribution is -0.0783. The Morgan fingerprint density at radius 3 is 2.41 bits per heavy atom. The highest BCUT2D eigenvalue weighted by atomic mass is 16.6. The van der Waals surface area contributed by atoms with Gasteiger partial charge in [-0.1, -0.05) is 0 Å². The molecule has 1 aliphatic rings. The summed E-state index contributed by atoms with van der Waals surface area (Å²) in [5, 5.41) is 10.3. The third-order valence-electron chi connectivity index (χ3n) is 2.66. The maximum Gasteiger partial charge on any atom is 0.410 e. The van der Waals surface area contributed by atoms with Crippen LogP contribution in [-0.4, -0.2) is 54.1 Å². The van der Waals surface area contributed by atoms with Gasteiger partial charge in [0.15, 0.2) is 0 Å². The molecule has 0 unspecified atom stereocenters. The first-order chi connectivity index (χ1) is 7.72. The Balaban J connectivity index is 2.47. The maximum atomic E-state index is 11.7. The van der Waals surface area contributed by atoms with Crippen LogP contribution in [0, 0.1) is 0 Å². The van der Waals surface area contributed by atoms with Crippen LogP contribution in [0.1, 0.15) is 33.6 Å². The van der Waals surface area contributed by atoms with Crippen LogP contribution in [0.2, 0.25) is 0 Å². The van der Waals surface area contributed by atoms with Crippen LogP contribution in [0.4, 0.5) is 4.79 Å². The van der Waals surface area contributed by atoms with Crippen molar-refractivity contribution < 1.29 is 19.4 Å². The number of rotatable bonds is 2. The lowest BCUT2D eigenvalue weighted by Gasteiger charge is -2.35. The minimum absolute atomic E-state index is 0.283. The topological polar surface area (TPSA) is 59.0 Å². The van der Waals surface area contributed by atoms with Crippen molar-refractivity contribution in [2.45, 2.75) is 44.8 Å². The van der Waals surface area contributed by atoms with Gasteiger partial charge in [-0.2, -0.15) is 0 Å². The number of amides is 1. The molecule has 0 radical (unpaired) electrons. The Labute approximate surface area is 103 Å². The Morgan fingerprint density at radius 2 is 1.94 bits per heavy atom. The molecule has 5 nitrogen and oxygen atoms in total. The van der Waals surface area contributed by atoms with E-state index in [-0.39, 0.29) is 6.54 Å². The summed E-state index contributed by atoms with van der Waals surface area (Å²) in [7, 11) is 1.64. The number of carbonyl (C=O) groups excluding carboxylic acids is 1. The van der Waals surface area contributed by atoms with Crippen LogP contribution in [0.25, 0.3) is 0 Å². The van der Waals surface area contributed by atoms with Crippen LogP contribution >= 0.6 is 0 Å². The Bertz CT molecular complexity index is 266. The van der Waals surface area contributed by atoms with Crippen molar-refractivity contribution in [2.24, 2.45) is 0 Å². The summed E-state index contributed by atoms with van der Waals surface area (Å²) in [6.07, 6.45) is 0.706. The first-order valence-corrected chi connectivity index (χ1v) is 5.96. The quantitative estimate of drug-likeness (QED) is 0.798. The minimum atomic E-state index is -0.843. The largest absolute Gasteiger partial charge is 0.444 e. The van der Waals surface area contributed by atoms with E-state index in [2.05, 4.69) is 0 Å². The van der Waals surface area contributed by atoms with E-state index in [0.717, 1.165) is 0 Å². The van der Waals surface area contributed by atoms with E-state index < -0.39 is 17.3 Å². The number of nitrogens with zero attached hydrogens (tertiary/aromatic N) is 1. The molecule has 0 aromatic heterocycles. The zero-order valence-corrected chi connectivity index (χ0v) is 11.2. The number of hydrogen-bond acceptors (Lipinski definition) is 4. The molecule has 0 atom stereocenters. The molecule has 0 aromatic rings. The van der Waals surface area contributed by atoms with Gasteiger partial charge in [-0.3, -0.25) is 0 Å². The Kier molecular flexibility index (Phi) is 4.38. The standard InChI is InChI=1S/C12H23NO4/c1-11(2,3)17-10(14)13(4)9-12(15)5-7-16-8-6-12/h15H,5-9H2,1-4H3. The maximum absolute atomic E-state index is 11.7. The minimum Gasteiger partial charge on any atom is -0.444 e. The van der Waals surface area contributed by atoms with Gasteiger partial charge in [-0.05, 0) is 20.8 Å². The van der Waals surface area contributed by atoms with E-state index in [1.807, 2.05) is 20.8 Å². The molecule has 1 heterocycles. The third kappa shape index (κ3) is 4.91. The molecule has 0 bridgehead atoms. The fraction of sp³-hybridized carbons (Fsp3) is 0.917. The van der Waals surface area contributed by atoms with Gasteiger partial charge in [0.05, 0.1) is 12.1 Å². The third-order valence-corrected chi connectivity index (χ3v) is 2.66. The van der Waals surface area contributed by atoms with Crippen molar-refractivity contribution in [1.29, 1.82) is 0 Å². The molecule has 100 valence electrons. The summed E-state index contributed by atoms with van der Waals surface area (Å²) < 4.78 is 10.4. The average molecular weight is 245 g/mol. The molecular formula is C12H23NO4. The molecule has 0 saturated carbocycles. The molecule has 1 N–H and O–H groups in total. The van der Waals surface area contributed by atoms with Crippen molar-refractivity contribution in [3.8, 4) is 0 Å². The molecule has 1 fully saturated rings. The van der Waals surface area contributed by atoms with E-state index >= 15 is 0 Å². The van der Waals surface area contributed by atoms with Crippen molar-refractivity contribution in [3.05, 3.63) is 0 Å². The highest BCUT2D eigenvalue weighted by molar-refractivity contribution is 5.67. The molecule has 1 rings (SSSR count). The highest BCUT2D eigenvalue weighted by Crippen LogP contribution is 2.22. The van der Waals surface area contributed by atoms with Crippen LogP contribution in [-0.2, 0) is 9.47 Å². The van der Waals surface area contributed by atoms with Gasteiger partial charge in [0.25, 0.3) is 0 Å². The first-order valence-electron chi connectivity index (χ1n) is 5.96. The van der Waals surface area contributed by atoms with Gasteiger partial charge in [0.2, 0.25) is 0 Å². The number of hydrogen-bond donors (Lipinski definition) is 1. The predicted octanol–water partition coefficient (Wildman–Crippen LogP) is 1.39. The molecule has 17 heavy (non-hydrogen) atoms. The zero-order chi connectivity index (χ0) is 13.1. The molecule has 0 spiro atoms. The number of aliphatic hydroxyl groups is 1. The first kappa shape index (κ1) is 14.3. The lowest BCUT2D eigenvalue weighted by atomic mass is 9.94. The molecule has 1 saturated heterocycles. The summed E-state index contributed by atoms with van der Waals surface area (Å²) in [4.78, 5) is 13.2. The zero-order valence-electron chi connectivity index (χ0n) is 11.2. The fourth-order valence-corrected chi connectivity index (χ4v) is 1.76. The van der Waals surface area contributed by atoms with E-state index in [1.54, 1.807) is 7.05 Å². The molecular weight excluding hydrogens is 222 g/mol. The van der Waals surface area contributed by atoms with Crippen LogP contribution in [0.3, 0.4) is 0 Å². The van der Waals surface area contributed by atoms with Gasteiger partial charge < -0.3 is 19.5 Å². The van der Waals surface area contributed by atoms with Gasteiger partial charge in [0.1, 0.15) is 5.60 Å². The van der Waals surface area contributed by atoms with E-state index in [0.29, 0.717) is 26.1 Å². The fourth-order valence-electron chi connectivity index (χ4n) is 1.76. The van der Waals surface area contributed by atoms with Crippen LogP contribution in [0.5, 0.6) is 0 Å². The summed E-state index contributed by atoms with van der Waals surface area (Å²) in [5.74, 6) is 0. The second-order valence-corrected chi connectivity index (χ2v) is 5.67. The number of ether oxygens (including phenoxy) is 2. The van der Waals surface area contributed by atoms with E-state index in [9.17, 15) is 9.90 Å². The van der Waals surface area contributed by atoms with Crippen molar-refractivity contribution in [1.82, 2.24) is 4.90 Å². The van der Waals surface area contributed by atoms with Crippen molar-refractivity contribution in [2.75, 3.05) is 26.8 Å². The van der Waals surface area contributed by atoms with E-state index in [4.69, 9.17) is 9.47 Å².